The van der Waals surface area contributed by atoms with Crippen molar-refractivity contribution in [1.29, 1.82) is 0 Å². The lowest BCUT2D eigenvalue weighted by Crippen LogP contribution is -2.05. The molecule has 0 saturated heterocycles. The Morgan fingerprint density at radius 3 is 2.47 bits per heavy atom. The maximum absolute atomic E-state index is 12.2. The summed E-state index contributed by atoms with van der Waals surface area (Å²) in [5, 5.41) is 0. The number of aromatic nitrogens is 1. The molecule has 3 nitrogen and oxygen atoms in total. The second kappa shape index (κ2) is 5.56. The maximum atomic E-state index is 12.2. The zero-order chi connectivity index (χ0) is 13.8. The standard InChI is InChI=1S/C14H11F2NO2/c1-9-6-7-17-8-12(9)13(18)10-2-4-11(5-3-10)19-14(15)16/h2-8,14H,1H3. The van der Waals surface area contributed by atoms with Gasteiger partial charge in [0, 0.05) is 23.5 Å². The Bertz CT molecular complexity index is 582. The fourth-order valence-corrected chi connectivity index (χ4v) is 1.64. The molecular formula is C14H11F2NO2. The number of halogens is 2. The van der Waals surface area contributed by atoms with Crippen LogP contribution in [0.4, 0.5) is 8.78 Å². The quantitative estimate of drug-likeness (QED) is 0.795. The van der Waals surface area contributed by atoms with Crippen molar-refractivity contribution in [3.05, 3.63) is 59.4 Å². The van der Waals surface area contributed by atoms with Crippen LogP contribution in [0, 0.1) is 6.92 Å². The minimum atomic E-state index is -2.87. The lowest BCUT2D eigenvalue weighted by Gasteiger charge is -2.06. The molecule has 1 heterocycles. The molecule has 0 aliphatic rings. The van der Waals surface area contributed by atoms with Crippen molar-refractivity contribution in [3.63, 3.8) is 0 Å². The van der Waals surface area contributed by atoms with Gasteiger partial charge in [-0.25, -0.2) is 0 Å². The molecule has 0 saturated carbocycles. The van der Waals surface area contributed by atoms with Gasteiger partial charge in [0.05, 0.1) is 0 Å². The molecular weight excluding hydrogens is 252 g/mol. The van der Waals surface area contributed by atoms with Crippen molar-refractivity contribution in [2.75, 3.05) is 0 Å². The number of ether oxygens (including phenoxy) is 1. The lowest BCUT2D eigenvalue weighted by molar-refractivity contribution is -0.0498. The lowest BCUT2D eigenvalue weighted by atomic mass is 10.0. The molecule has 98 valence electrons. The topological polar surface area (TPSA) is 39.2 Å². The first kappa shape index (κ1) is 13.1. The van der Waals surface area contributed by atoms with E-state index in [9.17, 15) is 13.6 Å². The smallest absolute Gasteiger partial charge is 0.387 e. The van der Waals surface area contributed by atoms with Crippen molar-refractivity contribution in [1.82, 2.24) is 4.98 Å². The number of carbonyl (C=O) groups excluding carboxylic acids is 1. The second-order valence-corrected chi connectivity index (χ2v) is 3.92. The predicted octanol–water partition coefficient (Wildman–Crippen LogP) is 3.22. The summed E-state index contributed by atoms with van der Waals surface area (Å²) in [5.41, 5.74) is 1.70. The molecule has 0 aliphatic carbocycles. The van der Waals surface area contributed by atoms with Crippen LogP contribution in [0.3, 0.4) is 0 Å². The van der Waals surface area contributed by atoms with Crippen LogP contribution in [-0.4, -0.2) is 17.4 Å². The van der Waals surface area contributed by atoms with Gasteiger partial charge in [0.2, 0.25) is 0 Å². The largest absolute Gasteiger partial charge is 0.435 e. The van der Waals surface area contributed by atoms with Gasteiger partial charge in [-0.15, -0.1) is 0 Å². The Hall–Kier alpha value is -2.30. The Morgan fingerprint density at radius 2 is 1.89 bits per heavy atom. The molecule has 2 aromatic rings. The number of nitrogens with zero attached hydrogens (tertiary/aromatic N) is 1. The Labute approximate surface area is 108 Å². The summed E-state index contributed by atoms with van der Waals surface area (Å²) in [7, 11) is 0. The molecule has 0 spiro atoms. The van der Waals surface area contributed by atoms with E-state index in [1.165, 1.54) is 30.5 Å². The average Bonchev–Trinajstić information content (AvgIpc) is 2.39. The van der Waals surface area contributed by atoms with E-state index in [4.69, 9.17) is 0 Å². The summed E-state index contributed by atoms with van der Waals surface area (Å²) >= 11 is 0. The van der Waals surface area contributed by atoms with Crippen LogP contribution in [0.1, 0.15) is 21.5 Å². The zero-order valence-corrected chi connectivity index (χ0v) is 10.1. The minimum absolute atomic E-state index is 0.0226. The van der Waals surface area contributed by atoms with Gasteiger partial charge in [0.15, 0.2) is 5.78 Å². The Kier molecular flexibility index (Phi) is 3.85. The molecule has 2 rings (SSSR count). The van der Waals surface area contributed by atoms with Crippen molar-refractivity contribution in [2.24, 2.45) is 0 Å². The third-order valence-electron chi connectivity index (χ3n) is 2.63. The van der Waals surface area contributed by atoms with E-state index in [-0.39, 0.29) is 11.5 Å². The first-order valence-corrected chi connectivity index (χ1v) is 5.58. The molecule has 0 N–H and O–H groups in total. The number of hydrogen-bond acceptors (Lipinski definition) is 3. The SMILES string of the molecule is Cc1ccncc1C(=O)c1ccc(OC(F)F)cc1. The van der Waals surface area contributed by atoms with Gasteiger partial charge in [-0.3, -0.25) is 9.78 Å². The van der Waals surface area contributed by atoms with Crippen LogP contribution in [0.15, 0.2) is 42.7 Å². The van der Waals surface area contributed by atoms with Crippen molar-refractivity contribution < 1.29 is 18.3 Å². The normalized spacial score (nSPS) is 10.5. The van der Waals surface area contributed by atoms with Gasteiger partial charge in [-0.05, 0) is 42.8 Å². The summed E-state index contributed by atoms with van der Waals surface area (Å²) in [6, 6.07) is 7.32. The summed E-state index contributed by atoms with van der Waals surface area (Å²) < 4.78 is 28.2. The number of ketones is 1. The highest BCUT2D eigenvalue weighted by atomic mass is 19.3. The number of alkyl halides is 2. The fraction of sp³-hybridized carbons (Fsp3) is 0.143. The molecule has 1 aromatic heterocycles. The highest BCUT2D eigenvalue weighted by Crippen LogP contribution is 2.18. The summed E-state index contributed by atoms with van der Waals surface area (Å²) in [6.45, 7) is -1.06. The third kappa shape index (κ3) is 3.13. The van der Waals surface area contributed by atoms with E-state index in [0.29, 0.717) is 11.1 Å². The number of aryl methyl sites for hydroxylation is 1. The monoisotopic (exact) mass is 263 g/mol. The van der Waals surface area contributed by atoms with Crippen LogP contribution in [0.2, 0.25) is 0 Å². The van der Waals surface area contributed by atoms with Gasteiger partial charge in [-0.2, -0.15) is 8.78 Å². The van der Waals surface area contributed by atoms with E-state index < -0.39 is 6.61 Å². The molecule has 0 fully saturated rings. The van der Waals surface area contributed by atoms with Gasteiger partial charge in [0.1, 0.15) is 5.75 Å². The van der Waals surface area contributed by atoms with Crippen molar-refractivity contribution >= 4 is 5.78 Å². The highest BCUT2D eigenvalue weighted by molar-refractivity contribution is 6.09. The van der Waals surface area contributed by atoms with E-state index in [1.54, 1.807) is 12.3 Å². The highest BCUT2D eigenvalue weighted by Gasteiger charge is 2.12. The molecule has 0 aliphatic heterocycles. The van der Waals surface area contributed by atoms with Gasteiger partial charge >= 0.3 is 6.61 Å². The van der Waals surface area contributed by atoms with Crippen LogP contribution in [0.5, 0.6) is 5.75 Å². The van der Waals surface area contributed by atoms with Crippen molar-refractivity contribution in [2.45, 2.75) is 13.5 Å². The summed E-state index contributed by atoms with van der Waals surface area (Å²) in [6.07, 6.45) is 3.09. The molecule has 0 amide bonds. The van der Waals surface area contributed by atoms with Crippen LogP contribution in [0.25, 0.3) is 0 Å². The summed E-state index contributed by atoms with van der Waals surface area (Å²) in [5.74, 6) is -0.177. The van der Waals surface area contributed by atoms with E-state index in [2.05, 4.69) is 9.72 Å². The molecule has 1 aromatic carbocycles. The molecule has 0 bridgehead atoms. The molecule has 0 atom stereocenters. The fourth-order valence-electron chi connectivity index (χ4n) is 1.64. The number of rotatable bonds is 4. The first-order valence-electron chi connectivity index (χ1n) is 5.58. The van der Waals surface area contributed by atoms with Crippen molar-refractivity contribution in [3.8, 4) is 5.75 Å². The van der Waals surface area contributed by atoms with Crippen LogP contribution >= 0.6 is 0 Å². The zero-order valence-electron chi connectivity index (χ0n) is 10.1. The molecule has 0 unspecified atom stereocenters. The van der Waals surface area contributed by atoms with Gasteiger partial charge in [0.25, 0.3) is 0 Å². The minimum Gasteiger partial charge on any atom is -0.435 e. The van der Waals surface area contributed by atoms with Crippen LogP contribution < -0.4 is 4.74 Å². The third-order valence-corrected chi connectivity index (χ3v) is 2.63. The second-order valence-electron chi connectivity index (χ2n) is 3.92. The number of hydrogen-bond donors (Lipinski definition) is 0. The van der Waals surface area contributed by atoms with Crippen LogP contribution in [-0.2, 0) is 0 Å². The molecule has 19 heavy (non-hydrogen) atoms. The van der Waals surface area contributed by atoms with Gasteiger partial charge in [-0.1, -0.05) is 0 Å². The van der Waals surface area contributed by atoms with E-state index >= 15 is 0 Å². The van der Waals surface area contributed by atoms with E-state index in [0.717, 1.165) is 5.56 Å². The molecule has 0 radical (unpaired) electrons. The average molecular weight is 263 g/mol. The predicted molar refractivity (Wildman–Crippen MR) is 65.5 cm³/mol. The number of carbonyl (C=O) groups is 1. The summed E-state index contributed by atoms with van der Waals surface area (Å²) in [4.78, 5) is 16.1. The first-order chi connectivity index (χ1) is 9.08. The molecule has 5 heteroatoms. The van der Waals surface area contributed by atoms with Gasteiger partial charge < -0.3 is 4.74 Å². The maximum Gasteiger partial charge on any atom is 0.387 e. The van der Waals surface area contributed by atoms with E-state index in [1.807, 2.05) is 6.92 Å². The Morgan fingerprint density at radius 1 is 1.21 bits per heavy atom. The Balaban J connectivity index is 2.23. The number of pyridine rings is 1. The number of benzene rings is 1.